The Hall–Kier alpha value is -1.89. The Kier molecular flexibility index (Phi) is 3.57. The minimum Gasteiger partial charge on any atom is -0.365 e. The Morgan fingerprint density at radius 2 is 2.32 bits per heavy atom. The van der Waals surface area contributed by atoms with Crippen LogP contribution in [0.3, 0.4) is 0 Å². The molecule has 7 heteroatoms. The van der Waals surface area contributed by atoms with Gasteiger partial charge in [0.15, 0.2) is 5.65 Å². The summed E-state index contributed by atoms with van der Waals surface area (Å²) in [6, 6.07) is 1.76. The zero-order valence-corrected chi connectivity index (χ0v) is 11.5. The summed E-state index contributed by atoms with van der Waals surface area (Å²) in [4.78, 5) is 15.9. The van der Waals surface area contributed by atoms with Gasteiger partial charge in [0.05, 0.1) is 0 Å². The van der Waals surface area contributed by atoms with Crippen LogP contribution in [0.4, 0.5) is 5.82 Å². The van der Waals surface area contributed by atoms with Crippen LogP contribution < -0.4 is 16.7 Å². The molecule has 0 saturated carbocycles. The molecule has 0 aromatic carbocycles. The maximum atomic E-state index is 11.5. The molecule has 7 nitrogen and oxygen atoms in total. The number of H-pyrrole nitrogens is 1. The molecule has 2 aromatic heterocycles. The maximum absolute atomic E-state index is 11.5. The number of anilines is 1. The molecule has 2 heterocycles. The summed E-state index contributed by atoms with van der Waals surface area (Å²) in [5.41, 5.74) is 5.83. The molecule has 19 heavy (non-hydrogen) atoms. The molecule has 0 aliphatic rings. The van der Waals surface area contributed by atoms with Crippen LogP contribution in [0.2, 0.25) is 0 Å². The highest BCUT2D eigenvalue weighted by Crippen LogP contribution is 2.20. The summed E-state index contributed by atoms with van der Waals surface area (Å²) < 4.78 is 1.44. The summed E-state index contributed by atoms with van der Waals surface area (Å²) in [6.45, 7) is 6.60. The van der Waals surface area contributed by atoms with Crippen LogP contribution in [0, 0.1) is 6.92 Å². The number of aromatic amines is 1. The van der Waals surface area contributed by atoms with E-state index in [0.29, 0.717) is 23.8 Å². The van der Waals surface area contributed by atoms with Gasteiger partial charge in [-0.15, -0.1) is 0 Å². The van der Waals surface area contributed by atoms with Crippen molar-refractivity contribution in [2.45, 2.75) is 39.2 Å². The van der Waals surface area contributed by atoms with Crippen LogP contribution in [0.5, 0.6) is 0 Å². The number of hydrogen-bond donors (Lipinski definition) is 3. The second kappa shape index (κ2) is 5.00. The number of nitrogens with two attached hydrogens (primary N) is 1. The Morgan fingerprint density at radius 3 is 2.95 bits per heavy atom. The first-order valence-electron chi connectivity index (χ1n) is 6.42. The van der Waals surface area contributed by atoms with Crippen LogP contribution in [0.15, 0.2) is 10.9 Å². The van der Waals surface area contributed by atoms with E-state index in [2.05, 4.69) is 34.3 Å². The molecule has 0 bridgehead atoms. The third-order valence-electron chi connectivity index (χ3n) is 3.48. The van der Waals surface area contributed by atoms with Crippen LogP contribution in [-0.2, 0) is 0 Å². The molecule has 1 unspecified atom stereocenters. The van der Waals surface area contributed by atoms with Crippen molar-refractivity contribution < 1.29 is 0 Å². The lowest BCUT2D eigenvalue weighted by atomic mass is 9.94. The number of fused-ring (bicyclic) bond motifs is 1. The van der Waals surface area contributed by atoms with Crippen molar-refractivity contribution in [1.82, 2.24) is 19.6 Å². The van der Waals surface area contributed by atoms with Crippen LogP contribution in [0.1, 0.15) is 32.5 Å². The van der Waals surface area contributed by atoms with Gasteiger partial charge in [0.1, 0.15) is 11.6 Å². The number of aromatic nitrogens is 4. The molecule has 4 N–H and O–H groups in total. The van der Waals surface area contributed by atoms with Gasteiger partial charge in [-0.05, 0) is 33.2 Å². The Labute approximate surface area is 111 Å². The third kappa shape index (κ3) is 2.60. The van der Waals surface area contributed by atoms with Gasteiger partial charge in [-0.2, -0.15) is 5.10 Å². The molecule has 0 aliphatic heterocycles. The fourth-order valence-electron chi connectivity index (χ4n) is 2.12. The number of hydrogen-bond acceptors (Lipinski definition) is 5. The quantitative estimate of drug-likeness (QED) is 0.736. The Balaban J connectivity index is 2.38. The number of aryl methyl sites for hydroxylation is 1. The summed E-state index contributed by atoms with van der Waals surface area (Å²) >= 11 is 0. The van der Waals surface area contributed by atoms with Crippen molar-refractivity contribution in [3.8, 4) is 0 Å². The minimum atomic E-state index is -0.272. The highest BCUT2D eigenvalue weighted by Gasteiger charge is 2.21. The Bertz CT molecular complexity index is 631. The molecule has 1 atom stereocenters. The fraction of sp³-hybridized carbons (Fsp3) is 0.583. The summed E-state index contributed by atoms with van der Waals surface area (Å²) in [7, 11) is 0. The van der Waals surface area contributed by atoms with Crippen molar-refractivity contribution >= 4 is 11.5 Å². The third-order valence-corrected chi connectivity index (χ3v) is 3.48. The lowest BCUT2D eigenvalue weighted by Crippen LogP contribution is -2.36. The molecule has 0 saturated heterocycles. The van der Waals surface area contributed by atoms with E-state index in [9.17, 15) is 4.79 Å². The van der Waals surface area contributed by atoms with Crippen molar-refractivity contribution in [2.24, 2.45) is 5.73 Å². The molecule has 0 aliphatic carbocycles. The highest BCUT2D eigenvalue weighted by molar-refractivity contribution is 5.50. The van der Waals surface area contributed by atoms with Gasteiger partial charge in [0.2, 0.25) is 0 Å². The van der Waals surface area contributed by atoms with Crippen molar-refractivity contribution in [3.05, 3.63) is 22.4 Å². The maximum Gasteiger partial charge on any atom is 0.349 e. The van der Waals surface area contributed by atoms with E-state index in [4.69, 9.17) is 5.73 Å². The van der Waals surface area contributed by atoms with Gasteiger partial charge in [0.25, 0.3) is 0 Å². The molecule has 2 aromatic rings. The summed E-state index contributed by atoms with van der Waals surface area (Å²) in [5.74, 6) is 1.31. The molecule has 0 amide bonds. The SMILES string of the molecule is CCC(C)(CCN)Nc1cc2n[nH]c(=O)n2c(C)n1. The van der Waals surface area contributed by atoms with Gasteiger partial charge in [-0.25, -0.2) is 19.3 Å². The predicted molar refractivity (Wildman–Crippen MR) is 74.3 cm³/mol. The largest absolute Gasteiger partial charge is 0.365 e. The standard InChI is InChI=1S/C12H20N6O/c1-4-12(3,5-6-13)15-9-7-10-16-17-11(19)18(10)8(2)14-9/h7,15H,4-6,13H2,1-3H3,(H,17,19). The zero-order valence-electron chi connectivity index (χ0n) is 11.5. The number of nitrogens with zero attached hydrogens (tertiary/aromatic N) is 3. The van der Waals surface area contributed by atoms with Gasteiger partial charge in [0, 0.05) is 11.6 Å². The van der Waals surface area contributed by atoms with E-state index in [1.807, 2.05) is 0 Å². The van der Waals surface area contributed by atoms with Gasteiger partial charge >= 0.3 is 5.69 Å². The second-order valence-electron chi connectivity index (χ2n) is 4.99. The summed E-state index contributed by atoms with van der Waals surface area (Å²) in [6.07, 6.45) is 1.78. The van der Waals surface area contributed by atoms with Crippen molar-refractivity contribution in [2.75, 3.05) is 11.9 Å². The second-order valence-corrected chi connectivity index (χ2v) is 4.99. The molecule has 2 rings (SSSR count). The van der Waals surface area contributed by atoms with E-state index in [1.165, 1.54) is 4.40 Å². The number of rotatable bonds is 5. The van der Waals surface area contributed by atoms with E-state index in [0.717, 1.165) is 12.8 Å². The normalized spacial score (nSPS) is 14.5. The van der Waals surface area contributed by atoms with E-state index in [1.54, 1.807) is 13.0 Å². The lowest BCUT2D eigenvalue weighted by Gasteiger charge is -2.30. The fourth-order valence-corrected chi connectivity index (χ4v) is 2.12. The first-order chi connectivity index (χ1) is 8.99. The molecule has 0 spiro atoms. The average molecular weight is 264 g/mol. The summed E-state index contributed by atoms with van der Waals surface area (Å²) in [5, 5.41) is 9.77. The monoisotopic (exact) mass is 264 g/mol. The highest BCUT2D eigenvalue weighted by atomic mass is 16.1. The Morgan fingerprint density at radius 1 is 1.58 bits per heavy atom. The topological polar surface area (TPSA) is 101 Å². The smallest absolute Gasteiger partial charge is 0.349 e. The van der Waals surface area contributed by atoms with Gasteiger partial charge in [-0.1, -0.05) is 6.92 Å². The van der Waals surface area contributed by atoms with E-state index < -0.39 is 0 Å². The predicted octanol–water partition coefficient (Wildman–Crippen LogP) is 0.655. The van der Waals surface area contributed by atoms with Crippen LogP contribution in [0.25, 0.3) is 5.65 Å². The van der Waals surface area contributed by atoms with Crippen LogP contribution >= 0.6 is 0 Å². The average Bonchev–Trinajstić information content (AvgIpc) is 2.71. The molecule has 0 radical (unpaired) electrons. The molecule has 104 valence electrons. The minimum absolute atomic E-state index is 0.108. The van der Waals surface area contributed by atoms with Crippen molar-refractivity contribution in [1.29, 1.82) is 0 Å². The zero-order chi connectivity index (χ0) is 14.0. The van der Waals surface area contributed by atoms with E-state index in [-0.39, 0.29) is 11.2 Å². The first kappa shape index (κ1) is 13.5. The lowest BCUT2D eigenvalue weighted by molar-refractivity contribution is 0.461. The van der Waals surface area contributed by atoms with Gasteiger partial charge in [-0.3, -0.25) is 0 Å². The first-order valence-corrected chi connectivity index (χ1v) is 6.42. The molecule has 0 fully saturated rings. The van der Waals surface area contributed by atoms with E-state index >= 15 is 0 Å². The number of nitrogens with one attached hydrogen (secondary N) is 2. The van der Waals surface area contributed by atoms with Gasteiger partial charge < -0.3 is 11.1 Å². The molecular weight excluding hydrogens is 244 g/mol. The molecular formula is C12H20N6O. The van der Waals surface area contributed by atoms with Crippen molar-refractivity contribution in [3.63, 3.8) is 0 Å². The van der Waals surface area contributed by atoms with Crippen LogP contribution in [-0.4, -0.2) is 31.7 Å².